The van der Waals surface area contributed by atoms with Gasteiger partial charge in [-0.3, -0.25) is 0 Å². The Hall–Kier alpha value is -3.74. The lowest BCUT2D eigenvalue weighted by Gasteiger charge is -2.03. The van der Waals surface area contributed by atoms with Crippen LogP contribution in [0.25, 0.3) is 0 Å². The molecular formula is C22H24ClF6N3O4. The van der Waals surface area contributed by atoms with Crippen molar-refractivity contribution in [1.82, 2.24) is 0 Å². The third-order valence-electron chi connectivity index (χ3n) is 3.06. The molecule has 0 aromatic carbocycles. The fourth-order valence-corrected chi connectivity index (χ4v) is 1.45. The minimum atomic E-state index is -5.19. The summed E-state index contributed by atoms with van der Waals surface area (Å²) < 4.78 is 69.1. The molecule has 200 valence electrons. The number of carbonyl (C=O) groups is 2. The van der Waals surface area contributed by atoms with Crippen LogP contribution in [-0.2, 0) is 30.7 Å². The van der Waals surface area contributed by atoms with Crippen LogP contribution in [0.4, 0.5) is 26.3 Å². The third-order valence-corrected chi connectivity index (χ3v) is 3.06. The maximum Gasteiger partial charge on any atom is 0.430 e. The highest BCUT2D eigenvalue weighted by Crippen LogP contribution is 2.12. The highest BCUT2D eigenvalue weighted by atomic mass is 35.5. The lowest BCUT2D eigenvalue weighted by molar-refractivity contribution is -0.671. The van der Waals surface area contributed by atoms with Crippen LogP contribution in [0.15, 0.2) is 91.8 Å². The fourth-order valence-electron chi connectivity index (χ4n) is 1.45. The van der Waals surface area contributed by atoms with E-state index in [1.807, 2.05) is 127 Å². The molecule has 14 heteroatoms. The maximum absolute atomic E-state index is 10.5. The van der Waals surface area contributed by atoms with Crippen molar-refractivity contribution in [3.8, 4) is 0 Å². The first-order chi connectivity index (χ1) is 16.1. The summed E-state index contributed by atoms with van der Waals surface area (Å²) in [5.41, 5.74) is 0. The van der Waals surface area contributed by atoms with Gasteiger partial charge in [0.2, 0.25) is 0 Å². The van der Waals surface area contributed by atoms with Gasteiger partial charge < -0.3 is 32.2 Å². The highest BCUT2D eigenvalue weighted by Gasteiger charge is 2.29. The zero-order valence-electron chi connectivity index (χ0n) is 19.3. The largest absolute Gasteiger partial charge is 1.00 e. The van der Waals surface area contributed by atoms with Crippen LogP contribution < -0.4 is 36.3 Å². The molecule has 36 heavy (non-hydrogen) atoms. The monoisotopic (exact) mass is 543 g/mol. The topological polar surface area (TPSA) is 91.9 Å². The summed E-state index contributed by atoms with van der Waals surface area (Å²) in [6.45, 7) is 0. The van der Waals surface area contributed by atoms with Crippen molar-refractivity contribution in [2.75, 3.05) is 0 Å². The van der Waals surface area contributed by atoms with Crippen LogP contribution in [0, 0.1) is 0 Å². The molecule has 0 amide bonds. The van der Waals surface area contributed by atoms with E-state index < -0.39 is 24.3 Å². The Balaban J connectivity index is -0.000000376. The second-order valence-corrected chi connectivity index (χ2v) is 6.19. The summed E-state index contributed by atoms with van der Waals surface area (Å²) in [5.74, 6) is -6.01. The lowest BCUT2D eigenvalue weighted by atomic mass is 10.5. The van der Waals surface area contributed by atoms with Gasteiger partial charge in [0.05, 0.1) is 0 Å². The normalized spacial score (nSPS) is 9.47. The third kappa shape index (κ3) is 24.9. The van der Waals surface area contributed by atoms with Crippen LogP contribution >= 0.6 is 0 Å². The Morgan fingerprint density at radius 1 is 0.500 bits per heavy atom. The summed E-state index contributed by atoms with van der Waals surface area (Å²) in [7, 11) is 6.00. The van der Waals surface area contributed by atoms with E-state index in [9.17, 15) is 26.3 Å². The summed E-state index contributed by atoms with van der Waals surface area (Å²) in [5, 5.41) is 17.6. The number of halogens is 7. The first-order valence-corrected chi connectivity index (χ1v) is 9.34. The average Bonchev–Trinajstić information content (AvgIpc) is 2.76. The van der Waals surface area contributed by atoms with E-state index in [0.717, 1.165) is 0 Å². The fraction of sp³-hybridized carbons (Fsp3) is 0.227. The molecule has 0 unspecified atom stereocenters. The van der Waals surface area contributed by atoms with Gasteiger partial charge in [0.1, 0.15) is 33.1 Å². The standard InChI is InChI=1S/3C6H8N.2C2HF3O2.ClH/c3*1-7-5-3-2-4-6-7;2*3-2(4,5)1(6)7;/h3*2-6H,1H3;2*(H,6,7);1H/q3*+1;;;/p-3. The summed E-state index contributed by atoms with van der Waals surface area (Å²) in [6.07, 6.45) is 1.61. The number of hydrogen-bond donors (Lipinski definition) is 0. The first kappa shape index (κ1) is 36.8. The van der Waals surface area contributed by atoms with Crippen molar-refractivity contribution in [2.45, 2.75) is 12.4 Å². The smallest absolute Gasteiger partial charge is 0.430 e. The number of carboxylic acids is 2. The van der Waals surface area contributed by atoms with Crippen molar-refractivity contribution in [1.29, 1.82) is 0 Å². The number of rotatable bonds is 0. The summed E-state index contributed by atoms with van der Waals surface area (Å²) in [6, 6.07) is 18.0. The zero-order chi connectivity index (χ0) is 27.5. The number of alkyl halides is 6. The summed E-state index contributed by atoms with van der Waals surface area (Å²) in [4.78, 5) is 17.6. The minimum absolute atomic E-state index is 0. The van der Waals surface area contributed by atoms with Gasteiger partial charge in [-0.1, -0.05) is 18.2 Å². The Kier molecular flexibility index (Phi) is 20.0. The first-order valence-electron chi connectivity index (χ1n) is 9.34. The van der Waals surface area contributed by atoms with Crippen LogP contribution in [0.1, 0.15) is 0 Å². The molecular weight excluding hydrogens is 520 g/mol. The number of carboxylic acid groups (broad SMARTS) is 2. The lowest BCUT2D eigenvalue weighted by Crippen LogP contribution is -3.00. The van der Waals surface area contributed by atoms with Crippen molar-refractivity contribution >= 4 is 11.9 Å². The second kappa shape index (κ2) is 19.6. The van der Waals surface area contributed by atoms with E-state index in [0.29, 0.717) is 0 Å². The number of pyridine rings is 3. The Labute approximate surface area is 209 Å². The maximum atomic E-state index is 10.5. The van der Waals surface area contributed by atoms with Gasteiger partial charge in [-0.05, 0) is 0 Å². The van der Waals surface area contributed by atoms with Gasteiger partial charge in [-0.15, -0.1) is 0 Å². The molecule has 3 aromatic rings. The molecule has 0 aliphatic carbocycles. The van der Waals surface area contributed by atoms with Gasteiger partial charge in [-0.2, -0.15) is 26.3 Å². The molecule has 0 atom stereocenters. The molecule has 0 fully saturated rings. The number of aryl methyl sites for hydroxylation is 3. The predicted molar refractivity (Wildman–Crippen MR) is 105 cm³/mol. The molecule has 0 N–H and O–H groups in total. The van der Waals surface area contributed by atoms with Crippen molar-refractivity contribution in [2.24, 2.45) is 21.1 Å². The van der Waals surface area contributed by atoms with Gasteiger partial charge in [0.25, 0.3) is 0 Å². The highest BCUT2D eigenvalue weighted by molar-refractivity contribution is 5.71. The van der Waals surface area contributed by atoms with Gasteiger partial charge in [0, 0.05) is 36.4 Å². The predicted octanol–water partition coefficient (Wildman–Crippen LogP) is -2.87. The molecule has 3 rings (SSSR count). The van der Waals surface area contributed by atoms with Gasteiger partial charge in [-0.25, -0.2) is 13.7 Å². The molecule has 0 aliphatic rings. The molecule has 0 saturated heterocycles. The van der Waals surface area contributed by atoms with Gasteiger partial charge in [0.15, 0.2) is 37.2 Å². The minimum Gasteiger partial charge on any atom is -1.00 e. The average molecular weight is 544 g/mol. The van der Waals surface area contributed by atoms with E-state index in [1.165, 1.54) is 0 Å². The molecule has 0 saturated carbocycles. The molecule has 0 aliphatic heterocycles. The van der Waals surface area contributed by atoms with Gasteiger partial charge >= 0.3 is 12.4 Å². The van der Waals surface area contributed by atoms with E-state index in [2.05, 4.69) is 0 Å². The molecule has 0 radical (unpaired) electrons. The number of hydrogen-bond acceptors (Lipinski definition) is 4. The van der Waals surface area contributed by atoms with Crippen LogP contribution in [0.2, 0.25) is 0 Å². The number of aliphatic carboxylic acids is 2. The van der Waals surface area contributed by atoms with E-state index in [1.54, 1.807) is 0 Å². The molecule has 0 bridgehead atoms. The molecule has 3 heterocycles. The van der Waals surface area contributed by atoms with Crippen LogP contribution in [0.3, 0.4) is 0 Å². The Morgan fingerprint density at radius 3 is 0.694 bits per heavy atom. The zero-order valence-corrected chi connectivity index (χ0v) is 20.0. The molecule has 3 aromatic heterocycles. The molecule has 0 spiro atoms. The Morgan fingerprint density at radius 2 is 0.639 bits per heavy atom. The van der Waals surface area contributed by atoms with Crippen molar-refractivity contribution in [3.63, 3.8) is 0 Å². The van der Waals surface area contributed by atoms with Crippen LogP contribution in [-0.4, -0.2) is 24.3 Å². The molecule has 7 nitrogen and oxygen atoms in total. The second-order valence-electron chi connectivity index (χ2n) is 6.19. The SMILES string of the molecule is C[n+]1ccccc1.C[n+]1ccccc1.C[n+]1ccccc1.O=C([O-])C(F)(F)F.O=C([O-])C(F)(F)F.[Cl-]. The Bertz CT molecular complexity index is 849. The summed E-state index contributed by atoms with van der Waals surface area (Å²) >= 11 is 0. The number of carbonyl (C=O) groups excluding carboxylic acids is 2. The number of nitrogens with zero attached hydrogens (tertiary/aromatic N) is 3. The van der Waals surface area contributed by atoms with E-state index >= 15 is 0 Å². The van der Waals surface area contributed by atoms with Crippen LogP contribution in [0.5, 0.6) is 0 Å². The van der Waals surface area contributed by atoms with E-state index in [-0.39, 0.29) is 12.4 Å². The van der Waals surface area contributed by atoms with E-state index in [4.69, 9.17) is 19.8 Å². The number of aromatic nitrogens is 3. The quantitative estimate of drug-likeness (QED) is 0.225. The van der Waals surface area contributed by atoms with Crippen molar-refractivity contribution in [3.05, 3.63) is 91.8 Å². The van der Waals surface area contributed by atoms with Crippen molar-refractivity contribution < 1.29 is 72.3 Å².